The molecular formula is C12H20N4O2. The SMILES string of the molecule is Nc1c(NCC2CCCCC2CO)nc[nH]c1=O. The van der Waals surface area contributed by atoms with Gasteiger partial charge < -0.3 is 21.1 Å². The Morgan fingerprint density at radius 3 is 2.89 bits per heavy atom. The summed E-state index contributed by atoms with van der Waals surface area (Å²) in [4.78, 5) is 17.8. The second-order valence-corrected chi connectivity index (χ2v) is 4.86. The summed E-state index contributed by atoms with van der Waals surface area (Å²) in [5, 5.41) is 12.5. The lowest BCUT2D eigenvalue weighted by Crippen LogP contribution is -2.29. The lowest BCUT2D eigenvalue weighted by Gasteiger charge is -2.30. The minimum Gasteiger partial charge on any atom is -0.396 e. The van der Waals surface area contributed by atoms with Crippen LogP contribution in [0.5, 0.6) is 0 Å². The first-order chi connectivity index (χ1) is 8.72. The van der Waals surface area contributed by atoms with E-state index in [4.69, 9.17) is 5.73 Å². The average molecular weight is 252 g/mol. The first kappa shape index (κ1) is 12.9. The van der Waals surface area contributed by atoms with Crippen LogP contribution in [0.1, 0.15) is 25.7 Å². The third-order valence-electron chi connectivity index (χ3n) is 3.72. The fraction of sp³-hybridized carbons (Fsp3) is 0.667. The number of anilines is 2. The van der Waals surface area contributed by atoms with Gasteiger partial charge in [0.15, 0.2) is 5.82 Å². The zero-order valence-electron chi connectivity index (χ0n) is 10.4. The van der Waals surface area contributed by atoms with Gasteiger partial charge >= 0.3 is 0 Å². The molecule has 5 N–H and O–H groups in total. The maximum atomic E-state index is 11.3. The summed E-state index contributed by atoms with van der Waals surface area (Å²) in [5.74, 6) is 1.19. The molecule has 1 aliphatic rings. The third-order valence-corrected chi connectivity index (χ3v) is 3.72. The molecule has 6 heteroatoms. The van der Waals surface area contributed by atoms with Gasteiger partial charge in [-0.1, -0.05) is 12.8 Å². The molecule has 1 aliphatic carbocycles. The molecule has 0 bridgehead atoms. The van der Waals surface area contributed by atoms with Crippen LogP contribution in [0.4, 0.5) is 11.5 Å². The Balaban J connectivity index is 1.98. The summed E-state index contributed by atoms with van der Waals surface area (Å²) in [6.07, 6.45) is 5.89. The molecule has 2 atom stereocenters. The van der Waals surface area contributed by atoms with Crippen molar-refractivity contribution in [2.24, 2.45) is 11.8 Å². The van der Waals surface area contributed by atoms with E-state index >= 15 is 0 Å². The molecule has 18 heavy (non-hydrogen) atoms. The Hall–Kier alpha value is -1.56. The van der Waals surface area contributed by atoms with Crippen molar-refractivity contribution in [2.75, 3.05) is 24.2 Å². The Morgan fingerprint density at radius 1 is 1.44 bits per heavy atom. The highest BCUT2D eigenvalue weighted by atomic mass is 16.3. The van der Waals surface area contributed by atoms with Crippen molar-refractivity contribution in [1.82, 2.24) is 9.97 Å². The molecule has 1 aromatic rings. The van der Waals surface area contributed by atoms with Crippen molar-refractivity contribution in [3.8, 4) is 0 Å². The standard InChI is InChI=1S/C12H20N4O2/c13-10-11(15-7-16-12(10)18)14-5-8-3-1-2-4-9(8)6-17/h7-9,17H,1-6,13H2,(H2,14,15,16,18). The number of nitrogens with two attached hydrogens (primary N) is 1. The van der Waals surface area contributed by atoms with Crippen LogP contribution in [0, 0.1) is 11.8 Å². The van der Waals surface area contributed by atoms with Crippen molar-refractivity contribution >= 4 is 11.5 Å². The Morgan fingerprint density at radius 2 is 2.17 bits per heavy atom. The van der Waals surface area contributed by atoms with Crippen LogP contribution >= 0.6 is 0 Å². The van der Waals surface area contributed by atoms with Crippen LogP contribution in [-0.2, 0) is 0 Å². The van der Waals surface area contributed by atoms with E-state index in [1.807, 2.05) is 0 Å². The number of aliphatic hydroxyl groups is 1. The number of hydrogen-bond donors (Lipinski definition) is 4. The molecule has 2 unspecified atom stereocenters. The predicted molar refractivity (Wildman–Crippen MR) is 70.3 cm³/mol. The number of nitrogens with one attached hydrogen (secondary N) is 2. The first-order valence-electron chi connectivity index (χ1n) is 6.40. The molecule has 6 nitrogen and oxygen atoms in total. The highest BCUT2D eigenvalue weighted by molar-refractivity contribution is 5.58. The summed E-state index contributed by atoms with van der Waals surface area (Å²) in [7, 11) is 0. The van der Waals surface area contributed by atoms with Crippen molar-refractivity contribution in [3.63, 3.8) is 0 Å². The molecule has 1 saturated carbocycles. The van der Waals surface area contributed by atoms with Gasteiger partial charge in [-0.15, -0.1) is 0 Å². The summed E-state index contributed by atoms with van der Waals surface area (Å²) in [6, 6.07) is 0. The number of H-pyrrole nitrogens is 1. The van der Waals surface area contributed by atoms with E-state index in [1.54, 1.807) is 0 Å². The predicted octanol–water partition coefficient (Wildman–Crippen LogP) is 0.563. The van der Waals surface area contributed by atoms with Gasteiger partial charge in [-0.25, -0.2) is 4.98 Å². The van der Waals surface area contributed by atoms with Crippen LogP contribution in [-0.4, -0.2) is 28.2 Å². The fourth-order valence-electron chi connectivity index (χ4n) is 2.57. The average Bonchev–Trinajstić information content (AvgIpc) is 2.41. The maximum absolute atomic E-state index is 11.3. The maximum Gasteiger partial charge on any atom is 0.276 e. The minimum atomic E-state index is -0.324. The Kier molecular flexibility index (Phi) is 4.19. The van der Waals surface area contributed by atoms with E-state index in [9.17, 15) is 9.90 Å². The lowest BCUT2D eigenvalue weighted by atomic mass is 9.79. The number of aliphatic hydroxyl groups excluding tert-OH is 1. The van der Waals surface area contributed by atoms with Gasteiger partial charge in [0.2, 0.25) is 0 Å². The van der Waals surface area contributed by atoms with Gasteiger partial charge in [-0.3, -0.25) is 4.79 Å². The van der Waals surface area contributed by atoms with Gasteiger partial charge in [0.1, 0.15) is 5.69 Å². The molecule has 0 radical (unpaired) electrons. The van der Waals surface area contributed by atoms with E-state index in [1.165, 1.54) is 19.2 Å². The zero-order chi connectivity index (χ0) is 13.0. The normalized spacial score (nSPS) is 23.8. The number of nitrogen functional groups attached to an aromatic ring is 1. The Labute approximate surface area is 106 Å². The van der Waals surface area contributed by atoms with Gasteiger partial charge in [0.05, 0.1) is 6.33 Å². The molecule has 0 aromatic carbocycles. The molecule has 0 aliphatic heterocycles. The quantitative estimate of drug-likeness (QED) is 0.627. The summed E-state index contributed by atoms with van der Waals surface area (Å²) in [5.41, 5.74) is 5.44. The summed E-state index contributed by atoms with van der Waals surface area (Å²) >= 11 is 0. The number of aromatic nitrogens is 2. The molecule has 1 heterocycles. The number of aromatic amines is 1. The minimum absolute atomic E-state index is 0.119. The van der Waals surface area contributed by atoms with Crippen LogP contribution in [0.15, 0.2) is 11.1 Å². The van der Waals surface area contributed by atoms with Gasteiger partial charge in [-0.2, -0.15) is 0 Å². The summed E-state index contributed by atoms with van der Waals surface area (Å²) in [6.45, 7) is 0.927. The van der Waals surface area contributed by atoms with Gasteiger partial charge in [0.25, 0.3) is 5.56 Å². The number of hydrogen-bond acceptors (Lipinski definition) is 5. The van der Waals surface area contributed by atoms with E-state index in [-0.39, 0.29) is 17.9 Å². The highest BCUT2D eigenvalue weighted by Crippen LogP contribution is 2.29. The highest BCUT2D eigenvalue weighted by Gasteiger charge is 2.24. The van der Waals surface area contributed by atoms with Crippen molar-refractivity contribution < 1.29 is 5.11 Å². The molecule has 0 spiro atoms. The van der Waals surface area contributed by atoms with Gasteiger partial charge in [0, 0.05) is 13.2 Å². The second kappa shape index (κ2) is 5.86. The smallest absolute Gasteiger partial charge is 0.276 e. The number of rotatable bonds is 4. The lowest BCUT2D eigenvalue weighted by molar-refractivity contribution is 0.141. The van der Waals surface area contributed by atoms with E-state index in [0.29, 0.717) is 24.2 Å². The molecule has 1 aromatic heterocycles. The van der Waals surface area contributed by atoms with Crippen LogP contribution in [0.2, 0.25) is 0 Å². The van der Waals surface area contributed by atoms with Crippen LogP contribution < -0.4 is 16.6 Å². The third kappa shape index (κ3) is 2.81. The second-order valence-electron chi connectivity index (χ2n) is 4.86. The molecule has 0 amide bonds. The summed E-state index contributed by atoms with van der Waals surface area (Å²) < 4.78 is 0. The topological polar surface area (TPSA) is 104 Å². The first-order valence-corrected chi connectivity index (χ1v) is 6.40. The molecule has 0 saturated heterocycles. The van der Waals surface area contributed by atoms with Crippen LogP contribution in [0.25, 0.3) is 0 Å². The van der Waals surface area contributed by atoms with Crippen LogP contribution in [0.3, 0.4) is 0 Å². The molecular weight excluding hydrogens is 232 g/mol. The van der Waals surface area contributed by atoms with E-state index in [0.717, 1.165) is 12.8 Å². The zero-order valence-corrected chi connectivity index (χ0v) is 10.4. The Bertz CT molecular complexity index is 446. The number of nitrogens with zero attached hydrogens (tertiary/aromatic N) is 1. The molecule has 1 fully saturated rings. The van der Waals surface area contributed by atoms with Gasteiger partial charge in [-0.05, 0) is 24.7 Å². The molecule has 100 valence electrons. The monoisotopic (exact) mass is 252 g/mol. The van der Waals surface area contributed by atoms with E-state index < -0.39 is 0 Å². The fourth-order valence-corrected chi connectivity index (χ4v) is 2.57. The molecule has 2 rings (SSSR count). The van der Waals surface area contributed by atoms with Crippen molar-refractivity contribution in [3.05, 3.63) is 16.7 Å². The largest absolute Gasteiger partial charge is 0.396 e. The van der Waals surface area contributed by atoms with Crippen molar-refractivity contribution in [2.45, 2.75) is 25.7 Å². The van der Waals surface area contributed by atoms with Crippen molar-refractivity contribution in [1.29, 1.82) is 0 Å². The van der Waals surface area contributed by atoms with E-state index in [2.05, 4.69) is 15.3 Å².